The van der Waals surface area contributed by atoms with Crippen molar-refractivity contribution in [1.29, 1.82) is 0 Å². The fourth-order valence-electron chi connectivity index (χ4n) is 1.25. The number of primary sulfonamides is 1. The third kappa shape index (κ3) is 7.14. The number of azo groups is 1. The van der Waals surface area contributed by atoms with E-state index in [9.17, 15) is 8.42 Å². The Kier molecular flexibility index (Phi) is 6.65. The molecular formula is C11H17N11O2S. The van der Waals surface area contributed by atoms with Crippen molar-refractivity contribution < 1.29 is 8.42 Å². The van der Waals surface area contributed by atoms with Crippen LogP contribution in [0.15, 0.2) is 59.8 Å². The van der Waals surface area contributed by atoms with E-state index in [1.54, 1.807) is 0 Å². The van der Waals surface area contributed by atoms with Crippen LogP contribution in [-0.2, 0) is 10.0 Å². The highest BCUT2D eigenvalue weighted by atomic mass is 32.2. The third-order valence-electron chi connectivity index (χ3n) is 2.32. The predicted octanol–water partition coefficient (Wildman–Crippen LogP) is -1.35. The van der Waals surface area contributed by atoms with E-state index in [0.29, 0.717) is 5.69 Å². The molecule has 25 heavy (non-hydrogen) atoms. The van der Waals surface area contributed by atoms with Gasteiger partial charge < -0.3 is 22.9 Å². The van der Waals surface area contributed by atoms with Crippen molar-refractivity contribution in [3.63, 3.8) is 0 Å². The van der Waals surface area contributed by atoms with Gasteiger partial charge in [-0.3, -0.25) is 0 Å². The summed E-state index contributed by atoms with van der Waals surface area (Å²) in [7, 11) is -3.80. The molecule has 1 aromatic rings. The van der Waals surface area contributed by atoms with Gasteiger partial charge in [0.1, 0.15) is 5.71 Å². The highest BCUT2D eigenvalue weighted by Crippen LogP contribution is 2.16. The van der Waals surface area contributed by atoms with Crippen LogP contribution in [0.5, 0.6) is 0 Å². The minimum Gasteiger partial charge on any atom is -0.369 e. The predicted molar refractivity (Wildman–Crippen MR) is 94.5 cm³/mol. The molecule has 0 unspecified atom stereocenters. The topological polar surface area (TPSA) is 238 Å². The maximum atomic E-state index is 11.2. The summed E-state index contributed by atoms with van der Waals surface area (Å²) < 4.78 is 22.4. The number of hydrogen-bond donors (Lipinski definition) is 5. The summed E-state index contributed by atoms with van der Waals surface area (Å²) in [6, 6.07) is 5.33. The molecule has 0 atom stereocenters. The van der Waals surface area contributed by atoms with E-state index in [2.05, 4.69) is 30.6 Å². The van der Waals surface area contributed by atoms with Crippen LogP contribution in [0.25, 0.3) is 0 Å². The number of guanidine groups is 2. The molecule has 0 spiro atoms. The Bertz CT molecular complexity index is 858. The van der Waals surface area contributed by atoms with E-state index in [0.717, 1.165) is 0 Å². The standard InChI is InChI=1S/C11H17N11O2S/c1-6(17-21-10(12)13)9(20-22-11(14)15)19-18-7-2-4-8(5-3-7)25(16,23)24/h2-5H,1H3,(H4,12,13,21)(H4,14,15,22)(H2,16,23,24)/b17-6+,19-18?,20-9-. The number of nitrogens with zero attached hydrogens (tertiary/aromatic N) is 6. The SMILES string of the molecule is CC(=N\N=C(N)N)/C(N=Nc1ccc(S(N)(=O)=O)cc1)=N/N=C(N)N. The monoisotopic (exact) mass is 367 g/mol. The van der Waals surface area contributed by atoms with Gasteiger partial charge in [-0.15, -0.1) is 30.6 Å². The Balaban J connectivity index is 3.15. The van der Waals surface area contributed by atoms with Gasteiger partial charge in [0, 0.05) is 0 Å². The molecule has 1 aromatic carbocycles. The Morgan fingerprint density at radius 2 is 1.40 bits per heavy atom. The molecule has 0 heterocycles. The van der Waals surface area contributed by atoms with Gasteiger partial charge >= 0.3 is 0 Å². The molecule has 0 saturated carbocycles. The smallest absolute Gasteiger partial charge is 0.238 e. The van der Waals surface area contributed by atoms with E-state index < -0.39 is 10.0 Å². The second-order valence-electron chi connectivity index (χ2n) is 4.40. The summed E-state index contributed by atoms with van der Waals surface area (Å²) in [4.78, 5) is -0.0636. The molecule has 10 N–H and O–H groups in total. The molecule has 0 fully saturated rings. The van der Waals surface area contributed by atoms with E-state index in [-0.39, 0.29) is 28.4 Å². The van der Waals surface area contributed by atoms with Crippen molar-refractivity contribution in [3.8, 4) is 0 Å². The second-order valence-corrected chi connectivity index (χ2v) is 5.96. The number of nitrogens with two attached hydrogens (primary N) is 5. The van der Waals surface area contributed by atoms with Crippen LogP contribution in [0, 0.1) is 0 Å². The van der Waals surface area contributed by atoms with Gasteiger partial charge in [0.05, 0.1) is 10.6 Å². The van der Waals surface area contributed by atoms with E-state index in [4.69, 9.17) is 28.1 Å². The molecule has 0 aliphatic heterocycles. The van der Waals surface area contributed by atoms with Crippen LogP contribution in [0.1, 0.15) is 6.92 Å². The first-order valence-electron chi connectivity index (χ1n) is 6.44. The summed E-state index contributed by atoms with van der Waals surface area (Å²) >= 11 is 0. The molecule has 0 saturated heterocycles. The highest BCUT2D eigenvalue weighted by Gasteiger charge is 2.07. The number of amidine groups is 1. The van der Waals surface area contributed by atoms with Crippen LogP contribution < -0.4 is 28.1 Å². The number of benzene rings is 1. The van der Waals surface area contributed by atoms with E-state index in [1.165, 1.54) is 31.2 Å². The fourth-order valence-corrected chi connectivity index (χ4v) is 1.77. The molecule has 13 nitrogen and oxygen atoms in total. The molecule has 0 aromatic heterocycles. The van der Waals surface area contributed by atoms with Gasteiger partial charge in [-0.1, -0.05) is 0 Å². The van der Waals surface area contributed by atoms with Crippen LogP contribution in [0.2, 0.25) is 0 Å². The molecule has 134 valence electrons. The van der Waals surface area contributed by atoms with E-state index in [1.807, 2.05) is 0 Å². The second kappa shape index (κ2) is 8.46. The molecule has 14 heteroatoms. The zero-order valence-corrected chi connectivity index (χ0v) is 13.9. The first-order valence-corrected chi connectivity index (χ1v) is 7.99. The van der Waals surface area contributed by atoms with Gasteiger partial charge in [0.25, 0.3) is 0 Å². The first kappa shape index (κ1) is 19.7. The minimum absolute atomic E-state index is 0.0636. The fraction of sp³-hybridized carbons (Fsp3) is 0.0909. The Morgan fingerprint density at radius 1 is 0.880 bits per heavy atom. The van der Waals surface area contributed by atoms with Crippen LogP contribution in [-0.4, -0.2) is 31.9 Å². The van der Waals surface area contributed by atoms with Crippen molar-refractivity contribution >= 4 is 39.2 Å². The summed E-state index contributed by atoms with van der Waals surface area (Å²) in [5.41, 5.74) is 21.2. The molecule has 0 aliphatic carbocycles. The van der Waals surface area contributed by atoms with Gasteiger partial charge in [-0.2, -0.15) is 0 Å². The molecule has 1 rings (SSSR count). The first-order chi connectivity index (χ1) is 11.6. The normalized spacial score (nSPS) is 12.9. The molecular weight excluding hydrogens is 350 g/mol. The van der Waals surface area contributed by atoms with Crippen molar-refractivity contribution in [2.75, 3.05) is 0 Å². The van der Waals surface area contributed by atoms with Gasteiger partial charge in [0.15, 0.2) is 0 Å². The Morgan fingerprint density at radius 3 is 1.88 bits per heavy atom. The van der Waals surface area contributed by atoms with Crippen LogP contribution in [0.4, 0.5) is 5.69 Å². The largest absolute Gasteiger partial charge is 0.369 e. The molecule has 0 amide bonds. The van der Waals surface area contributed by atoms with Gasteiger partial charge in [0.2, 0.25) is 27.8 Å². The summed E-state index contributed by atoms with van der Waals surface area (Å²) in [6.45, 7) is 1.50. The number of hydrogen-bond acceptors (Lipinski definition) is 7. The third-order valence-corrected chi connectivity index (χ3v) is 3.25. The van der Waals surface area contributed by atoms with Crippen molar-refractivity contribution in [2.24, 2.45) is 58.7 Å². The Hall–Kier alpha value is -3.39. The van der Waals surface area contributed by atoms with Crippen molar-refractivity contribution in [1.82, 2.24) is 0 Å². The van der Waals surface area contributed by atoms with Crippen LogP contribution >= 0.6 is 0 Å². The number of sulfonamides is 1. The Labute approximate surface area is 143 Å². The lowest BCUT2D eigenvalue weighted by Gasteiger charge is -1.99. The zero-order valence-electron chi connectivity index (χ0n) is 13.1. The summed E-state index contributed by atoms with van der Waals surface area (Å²) in [5, 5.41) is 27.0. The quantitative estimate of drug-likeness (QED) is 0.182. The minimum atomic E-state index is -3.80. The average Bonchev–Trinajstić information content (AvgIpc) is 2.52. The summed E-state index contributed by atoms with van der Waals surface area (Å²) in [6.07, 6.45) is 0. The molecule has 0 aliphatic rings. The summed E-state index contributed by atoms with van der Waals surface area (Å²) in [5.74, 6) is -0.648. The lowest BCUT2D eigenvalue weighted by molar-refractivity contribution is 0.598. The zero-order chi connectivity index (χ0) is 19.0. The van der Waals surface area contributed by atoms with E-state index >= 15 is 0 Å². The van der Waals surface area contributed by atoms with Gasteiger partial charge in [-0.25, -0.2) is 13.6 Å². The van der Waals surface area contributed by atoms with Crippen molar-refractivity contribution in [3.05, 3.63) is 24.3 Å². The van der Waals surface area contributed by atoms with Crippen LogP contribution in [0.3, 0.4) is 0 Å². The highest BCUT2D eigenvalue weighted by molar-refractivity contribution is 7.89. The lowest BCUT2D eigenvalue weighted by Crippen LogP contribution is -2.23. The van der Waals surface area contributed by atoms with Gasteiger partial charge in [-0.05, 0) is 31.2 Å². The molecule has 0 bridgehead atoms. The maximum absolute atomic E-state index is 11.2. The maximum Gasteiger partial charge on any atom is 0.238 e. The lowest BCUT2D eigenvalue weighted by atomic mass is 10.3. The average molecular weight is 367 g/mol. The molecule has 0 radical (unpaired) electrons. The van der Waals surface area contributed by atoms with Crippen molar-refractivity contribution in [2.45, 2.75) is 11.8 Å². The number of rotatable bonds is 5.